The van der Waals surface area contributed by atoms with Crippen molar-refractivity contribution in [2.24, 2.45) is 5.73 Å². The molecule has 5 nitrogen and oxygen atoms in total. The van der Waals surface area contributed by atoms with Crippen LogP contribution in [0.1, 0.15) is 13.8 Å². The van der Waals surface area contributed by atoms with Gasteiger partial charge in [0, 0.05) is 13.7 Å². The van der Waals surface area contributed by atoms with Crippen LogP contribution in [-0.4, -0.2) is 40.0 Å². The Hall–Kier alpha value is -0.170. The van der Waals surface area contributed by atoms with E-state index in [1.807, 2.05) is 0 Å². The van der Waals surface area contributed by atoms with Gasteiger partial charge in [-0.25, -0.2) is 13.1 Å². The number of hydrogen-bond donors (Lipinski definition) is 2. The lowest BCUT2D eigenvalue weighted by molar-refractivity contribution is 0.177. The highest BCUT2D eigenvalue weighted by Gasteiger charge is 2.19. The highest BCUT2D eigenvalue weighted by atomic mass is 32.2. The summed E-state index contributed by atoms with van der Waals surface area (Å²) in [6, 6.07) is -0.336. The fourth-order valence-electron chi connectivity index (χ4n) is 0.720. The zero-order valence-electron chi connectivity index (χ0n) is 8.28. The highest BCUT2D eigenvalue weighted by Crippen LogP contribution is 1.97. The fraction of sp³-hybridized carbons (Fsp3) is 1.00. The van der Waals surface area contributed by atoms with Crippen LogP contribution in [0.4, 0.5) is 0 Å². The van der Waals surface area contributed by atoms with Gasteiger partial charge in [-0.3, -0.25) is 0 Å². The third-order valence-electron chi connectivity index (χ3n) is 1.60. The van der Waals surface area contributed by atoms with Gasteiger partial charge in [-0.05, 0) is 13.8 Å². The van der Waals surface area contributed by atoms with Gasteiger partial charge in [-0.15, -0.1) is 0 Å². The first-order valence-electron chi connectivity index (χ1n) is 4.14. The summed E-state index contributed by atoms with van der Waals surface area (Å²) < 4.78 is 30.0. The largest absolute Gasteiger partial charge is 0.383 e. The molecule has 0 aliphatic rings. The number of nitrogens with two attached hydrogens (primary N) is 1. The van der Waals surface area contributed by atoms with Crippen molar-refractivity contribution in [3.8, 4) is 0 Å². The maximum absolute atomic E-state index is 11.4. The van der Waals surface area contributed by atoms with Crippen molar-refractivity contribution in [2.45, 2.75) is 25.1 Å². The summed E-state index contributed by atoms with van der Waals surface area (Å²) in [5.41, 5.74) is 5.36. The van der Waals surface area contributed by atoms with Crippen molar-refractivity contribution in [3.05, 3.63) is 0 Å². The van der Waals surface area contributed by atoms with Crippen molar-refractivity contribution in [1.82, 2.24) is 4.72 Å². The van der Waals surface area contributed by atoms with Crippen LogP contribution >= 0.6 is 0 Å². The average molecular weight is 210 g/mol. The van der Waals surface area contributed by atoms with Crippen LogP contribution in [0.5, 0.6) is 0 Å². The molecule has 0 aromatic carbocycles. The van der Waals surface area contributed by atoms with Crippen LogP contribution in [0.2, 0.25) is 0 Å². The Bertz CT molecular complexity index is 226. The lowest BCUT2D eigenvalue weighted by atomic mass is 10.3. The molecular weight excluding hydrogens is 192 g/mol. The minimum Gasteiger partial charge on any atom is -0.383 e. The second kappa shape index (κ2) is 5.54. The number of methoxy groups -OCH3 is 1. The van der Waals surface area contributed by atoms with E-state index in [1.165, 1.54) is 7.11 Å². The summed E-state index contributed by atoms with van der Waals surface area (Å²) in [7, 11) is -1.74. The second-order valence-electron chi connectivity index (χ2n) is 3.10. The van der Waals surface area contributed by atoms with Crippen molar-refractivity contribution < 1.29 is 13.2 Å². The molecule has 0 saturated carbocycles. The Labute approximate surface area is 79.7 Å². The smallest absolute Gasteiger partial charge is 0.214 e. The monoisotopic (exact) mass is 210 g/mol. The molecule has 0 rings (SSSR count). The van der Waals surface area contributed by atoms with E-state index in [4.69, 9.17) is 10.5 Å². The van der Waals surface area contributed by atoms with Crippen molar-refractivity contribution in [3.63, 3.8) is 0 Å². The molecule has 0 radical (unpaired) electrons. The van der Waals surface area contributed by atoms with Gasteiger partial charge in [-0.1, -0.05) is 0 Å². The van der Waals surface area contributed by atoms with E-state index in [2.05, 4.69) is 4.72 Å². The van der Waals surface area contributed by atoms with Crippen LogP contribution in [0.15, 0.2) is 0 Å². The zero-order valence-corrected chi connectivity index (χ0v) is 9.10. The topological polar surface area (TPSA) is 81.4 Å². The summed E-state index contributed by atoms with van der Waals surface area (Å²) in [5.74, 6) is 0. The summed E-state index contributed by atoms with van der Waals surface area (Å²) >= 11 is 0. The van der Waals surface area contributed by atoms with E-state index in [-0.39, 0.29) is 12.6 Å². The van der Waals surface area contributed by atoms with E-state index in [0.29, 0.717) is 6.61 Å². The summed E-state index contributed by atoms with van der Waals surface area (Å²) in [5, 5.41) is -0.446. The molecule has 13 heavy (non-hydrogen) atoms. The van der Waals surface area contributed by atoms with Gasteiger partial charge in [0.1, 0.15) is 0 Å². The van der Waals surface area contributed by atoms with Crippen molar-refractivity contribution in [1.29, 1.82) is 0 Å². The van der Waals surface area contributed by atoms with Gasteiger partial charge in [0.15, 0.2) is 0 Å². The number of nitrogens with one attached hydrogen (secondary N) is 1. The molecule has 0 aromatic rings. The maximum Gasteiger partial charge on any atom is 0.214 e. The van der Waals surface area contributed by atoms with Gasteiger partial charge < -0.3 is 10.5 Å². The number of sulfonamides is 1. The van der Waals surface area contributed by atoms with E-state index in [1.54, 1.807) is 13.8 Å². The average Bonchev–Trinajstić information content (AvgIpc) is 2.03. The Balaban J connectivity index is 4.23. The molecule has 0 spiro atoms. The Kier molecular flexibility index (Phi) is 5.46. The summed E-state index contributed by atoms with van der Waals surface area (Å²) in [6.45, 7) is 3.76. The van der Waals surface area contributed by atoms with Crippen LogP contribution in [0.3, 0.4) is 0 Å². The molecule has 6 heteroatoms. The molecule has 0 amide bonds. The first-order chi connectivity index (χ1) is 5.94. The highest BCUT2D eigenvalue weighted by molar-refractivity contribution is 7.90. The normalized spacial score (nSPS) is 14.8. The first kappa shape index (κ1) is 12.8. The standard InChI is InChI=1S/C7H18N2O3S/c1-6(2)13(10,11)9-7(4-8)5-12-3/h6-7,9H,4-5,8H2,1-3H3. The molecule has 0 bridgehead atoms. The maximum atomic E-state index is 11.4. The number of rotatable bonds is 6. The number of hydrogen-bond acceptors (Lipinski definition) is 4. The number of ether oxygens (including phenoxy) is 1. The third kappa shape index (κ3) is 4.56. The second-order valence-corrected chi connectivity index (χ2v) is 5.37. The molecular formula is C7H18N2O3S. The van der Waals surface area contributed by atoms with Crippen LogP contribution in [0.25, 0.3) is 0 Å². The Morgan fingerprint density at radius 1 is 1.46 bits per heavy atom. The zero-order chi connectivity index (χ0) is 10.5. The van der Waals surface area contributed by atoms with Gasteiger partial charge >= 0.3 is 0 Å². The predicted molar refractivity (Wildman–Crippen MR) is 51.9 cm³/mol. The lowest BCUT2D eigenvalue weighted by Crippen LogP contribution is -2.45. The summed E-state index contributed by atoms with van der Waals surface area (Å²) in [6.07, 6.45) is 0. The molecule has 0 aliphatic carbocycles. The van der Waals surface area contributed by atoms with Crippen LogP contribution < -0.4 is 10.5 Å². The fourth-order valence-corrected chi connectivity index (χ4v) is 1.62. The van der Waals surface area contributed by atoms with Gasteiger partial charge in [0.2, 0.25) is 10.0 Å². The van der Waals surface area contributed by atoms with E-state index < -0.39 is 15.3 Å². The quantitative estimate of drug-likeness (QED) is 0.606. The van der Waals surface area contributed by atoms with E-state index in [9.17, 15) is 8.42 Å². The third-order valence-corrected chi connectivity index (χ3v) is 3.51. The van der Waals surface area contributed by atoms with Crippen molar-refractivity contribution in [2.75, 3.05) is 20.3 Å². The Morgan fingerprint density at radius 2 is 2.00 bits per heavy atom. The van der Waals surface area contributed by atoms with Gasteiger partial charge in [-0.2, -0.15) is 0 Å². The molecule has 0 aromatic heterocycles. The van der Waals surface area contributed by atoms with E-state index >= 15 is 0 Å². The van der Waals surface area contributed by atoms with Gasteiger partial charge in [0.05, 0.1) is 17.9 Å². The molecule has 80 valence electrons. The van der Waals surface area contributed by atoms with Crippen molar-refractivity contribution >= 4 is 10.0 Å². The summed E-state index contributed by atoms with van der Waals surface area (Å²) in [4.78, 5) is 0. The first-order valence-corrected chi connectivity index (χ1v) is 5.68. The minimum atomic E-state index is -3.24. The SMILES string of the molecule is COCC(CN)NS(=O)(=O)C(C)C. The molecule has 0 heterocycles. The molecule has 1 unspecified atom stereocenters. The molecule has 0 saturated heterocycles. The molecule has 0 aliphatic heterocycles. The van der Waals surface area contributed by atoms with Crippen LogP contribution in [-0.2, 0) is 14.8 Å². The predicted octanol–water partition coefficient (Wildman–Crippen LogP) is -0.712. The van der Waals surface area contributed by atoms with Gasteiger partial charge in [0.25, 0.3) is 0 Å². The lowest BCUT2D eigenvalue weighted by Gasteiger charge is -2.17. The Morgan fingerprint density at radius 3 is 2.31 bits per heavy atom. The van der Waals surface area contributed by atoms with Crippen LogP contribution in [0, 0.1) is 0 Å². The molecule has 3 N–H and O–H groups in total. The molecule has 1 atom stereocenters. The van der Waals surface area contributed by atoms with E-state index in [0.717, 1.165) is 0 Å². The molecule has 0 fully saturated rings. The minimum absolute atomic E-state index is 0.236.